The maximum atomic E-state index is 13.4. The second-order valence-corrected chi connectivity index (χ2v) is 10.2. The van der Waals surface area contributed by atoms with Crippen LogP contribution >= 0.6 is 0 Å². The topological polar surface area (TPSA) is 107 Å². The number of carbonyl (C=O) groups is 1. The lowest BCUT2D eigenvalue weighted by molar-refractivity contribution is 0.0820. The molecule has 33 heavy (non-hydrogen) atoms. The molecule has 0 saturated heterocycles. The SMILES string of the molecule is CS(=O)(=O)c1cnccc1C1(NC(=O)c2cncc3c2cnn3-c2ccc(F)cc2)CCC1. The van der Waals surface area contributed by atoms with Crippen molar-refractivity contribution in [1.82, 2.24) is 25.1 Å². The molecule has 1 amide bonds. The van der Waals surface area contributed by atoms with Crippen molar-refractivity contribution in [2.45, 2.75) is 29.7 Å². The van der Waals surface area contributed by atoms with Crippen LogP contribution in [0.3, 0.4) is 0 Å². The van der Waals surface area contributed by atoms with Crippen LogP contribution in [0.4, 0.5) is 4.39 Å². The first kappa shape index (κ1) is 21.2. The van der Waals surface area contributed by atoms with Gasteiger partial charge in [0.05, 0.1) is 39.6 Å². The number of hydrogen-bond acceptors (Lipinski definition) is 6. The lowest BCUT2D eigenvalue weighted by Gasteiger charge is -2.43. The van der Waals surface area contributed by atoms with E-state index in [0.717, 1.165) is 12.7 Å². The minimum atomic E-state index is -3.52. The van der Waals surface area contributed by atoms with E-state index in [0.29, 0.717) is 40.6 Å². The summed E-state index contributed by atoms with van der Waals surface area (Å²) in [4.78, 5) is 21.7. The summed E-state index contributed by atoms with van der Waals surface area (Å²) >= 11 is 0. The first-order chi connectivity index (χ1) is 15.8. The summed E-state index contributed by atoms with van der Waals surface area (Å²) in [5, 5.41) is 8.01. The third kappa shape index (κ3) is 3.66. The highest BCUT2D eigenvalue weighted by atomic mass is 32.2. The Labute approximate surface area is 189 Å². The van der Waals surface area contributed by atoms with Gasteiger partial charge in [-0.25, -0.2) is 17.5 Å². The average Bonchev–Trinajstić information content (AvgIpc) is 3.20. The molecule has 1 aromatic carbocycles. The van der Waals surface area contributed by atoms with E-state index in [1.165, 1.54) is 30.7 Å². The number of amides is 1. The predicted molar refractivity (Wildman–Crippen MR) is 119 cm³/mol. The Morgan fingerprint density at radius 1 is 1.06 bits per heavy atom. The fraction of sp³-hybridized carbons (Fsp3) is 0.217. The van der Waals surface area contributed by atoms with Gasteiger partial charge >= 0.3 is 0 Å². The number of hydrogen-bond donors (Lipinski definition) is 1. The van der Waals surface area contributed by atoms with E-state index in [1.807, 2.05) is 0 Å². The van der Waals surface area contributed by atoms with Crippen molar-refractivity contribution in [2.75, 3.05) is 6.26 Å². The van der Waals surface area contributed by atoms with Gasteiger partial charge in [0, 0.05) is 30.2 Å². The Hall–Kier alpha value is -3.66. The Morgan fingerprint density at radius 3 is 2.48 bits per heavy atom. The number of aromatic nitrogens is 4. The Bertz CT molecular complexity index is 1480. The third-order valence-electron chi connectivity index (χ3n) is 6.07. The van der Waals surface area contributed by atoms with Gasteiger partial charge in [0.15, 0.2) is 9.84 Å². The van der Waals surface area contributed by atoms with Crippen LogP contribution in [0.15, 0.2) is 66.2 Å². The second kappa shape index (κ2) is 7.73. The van der Waals surface area contributed by atoms with Crippen LogP contribution in [0.2, 0.25) is 0 Å². The third-order valence-corrected chi connectivity index (χ3v) is 7.20. The molecule has 0 aliphatic heterocycles. The van der Waals surface area contributed by atoms with Gasteiger partial charge in [-0.05, 0) is 55.2 Å². The van der Waals surface area contributed by atoms with E-state index in [9.17, 15) is 17.6 Å². The van der Waals surface area contributed by atoms with Crippen molar-refractivity contribution in [3.05, 3.63) is 78.3 Å². The summed E-state index contributed by atoms with van der Waals surface area (Å²) in [5.41, 5.74) is 1.30. The maximum Gasteiger partial charge on any atom is 0.254 e. The predicted octanol–water partition coefficient (Wildman–Crippen LogP) is 3.17. The molecule has 0 atom stereocenters. The quantitative estimate of drug-likeness (QED) is 0.485. The van der Waals surface area contributed by atoms with Crippen molar-refractivity contribution in [1.29, 1.82) is 0 Å². The molecular formula is C23H20FN5O3S. The minimum absolute atomic E-state index is 0.116. The number of pyridine rings is 2. The monoisotopic (exact) mass is 465 g/mol. The zero-order chi connectivity index (χ0) is 23.2. The number of benzene rings is 1. The van der Waals surface area contributed by atoms with Gasteiger partial charge in [-0.15, -0.1) is 0 Å². The molecule has 0 unspecified atom stereocenters. The van der Waals surface area contributed by atoms with Crippen LogP contribution in [0, 0.1) is 5.82 Å². The van der Waals surface area contributed by atoms with Crippen molar-refractivity contribution >= 4 is 26.6 Å². The highest BCUT2D eigenvalue weighted by molar-refractivity contribution is 7.90. The normalized spacial score (nSPS) is 15.2. The van der Waals surface area contributed by atoms with E-state index in [4.69, 9.17) is 0 Å². The summed E-state index contributed by atoms with van der Waals surface area (Å²) in [5.74, 6) is -0.730. The van der Waals surface area contributed by atoms with Crippen LogP contribution < -0.4 is 5.32 Å². The van der Waals surface area contributed by atoms with Crippen molar-refractivity contribution in [3.8, 4) is 5.69 Å². The molecule has 10 heteroatoms. The van der Waals surface area contributed by atoms with Gasteiger partial charge in [0.1, 0.15) is 5.82 Å². The number of carbonyl (C=O) groups excluding carboxylic acids is 1. The lowest BCUT2D eigenvalue weighted by atomic mass is 9.72. The zero-order valence-corrected chi connectivity index (χ0v) is 18.5. The largest absolute Gasteiger partial charge is 0.342 e. The van der Waals surface area contributed by atoms with Gasteiger partial charge < -0.3 is 5.32 Å². The Morgan fingerprint density at radius 2 is 1.82 bits per heavy atom. The second-order valence-electron chi connectivity index (χ2n) is 8.19. The summed E-state index contributed by atoms with van der Waals surface area (Å²) in [6.07, 6.45) is 10.7. The van der Waals surface area contributed by atoms with E-state index in [2.05, 4.69) is 20.4 Å². The molecule has 3 heterocycles. The van der Waals surface area contributed by atoms with E-state index in [1.54, 1.807) is 35.3 Å². The molecule has 1 fully saturated rings. The maximum absolute atomic E-state index is 13.4. The molecule has 5 rings (SSSR count). The first-order valence-electron chi connectivity index (χ1n) is 10.3. The van der Waals surface area contributed by atoms with E-state index < -0.39 is 15.4 Å². The number of fused-ring (bicyclic) bond motifs is 1. The molecule has 8 nitrogen and oxygen atoms in total. The molecular weight excluding hydrogens is 445 g/mol. The van der Waals surface area contributed by atoms with Crippen molar-refractivity contribution in [3.63, 3.8) is 0 Å². The minimum Gasteiger partial charge on any atom is -0.342 e. The molecule has 1 saturated carbocycles. The van der Waals surface area contributed by atoms with Gasteiger partial charge in [0.25, 0.3) is 5.91 Å². The van der Waals surface area contributed by atoms with Crippen LogP contribution in [-0.2, 0) is 15.4 Å². The van der Waals surface area contributed by atoms with Gasteiger partial charge in [0.2, 0.25) is 0 Å². The standard InChI is InChI=1S/C23H20FN5O3S/c1-33(31,32)21-14-25-10-7-19(21)23(8-2-9-23)28-22(30)18-11-26-13-20-17(18)12-27-29(20)16-5-3-15(24)4-6-16/h3-7,10-14H,2,8-9H2,1H3,(H,28,30). The van der Waals surface area contributed by atoms with Crippen LogP contribution in [-0.4, -0.2) is 40.3 Å². The van der Waals surface area contributed by atoms with Crippen LogP contribution in [0.1, 0.15) is 35.2 Å². The van der Waals surface area contributed by atoms with E-state index in [-0.39, 0.29) is 16.6 Å². The summed E-state index contributed by atoms with van der Waals surface area (Å²) in [6.45, 7) is 0. The summed E-state index contributed by atoms with van der Waals surface area (Å²) in [7, 11) is -3.52. The van der Waals surface area contributed by atoms with Crippen molar-refractivity contribution in [2.24, 2.45) is 0 Å². The Balaban J connectivity index is 1.53. The van der Waals surface area contributed by atoms with Crippen molar-refractivity contribution < 1.29 is 17.6 Å². The molecule has 1 aliphatic carbocycles. The van der Waals surface area contributed by atoms with E-state index >= 15 is 0 Å². The van der Waals surface area contributed by atoms with Crippen LogP contribution in [0.5, 0.6) is 0 Å². The number of rotatable bonds is 5. The number of halogens is 1. The Kier molecular flexibility index (Phi) is 4.97. The smallest absolute Gasteiger partial charge is 0.254 e. The zero-order valence-electron chi connectivity index (χ0n) is 17.7. The van der Waals surface area contributed by atoms with Crippen LogP contribution in [0.25, 0.3) is 16.6 Å². The highest BCUT2D eigenvalue weighted by Gasteiger charge is 2.43. The highest BCUT2D eigenvalue weighted by Crippen LogP contribution is 2.43. The molecule has 168 valence electrons. The fourth-order valence-electron chi connectivity index (χ4n) is 4.26. The number of nitrogens with zero attached hydrogens (tertiary/aromatic N) is 4. The van der Waals surface area contributed by atoms with Gasteiger partial charge in [-0.2, -0.15) is 5.10 Å². The molecule has 4 aromatic rings. The molecule has 0 bridgehead atoms. The number of sulfone groups is 1. The molecule has 0 spiro atoms. The summed E-state index contributed by atoms with van der Waals surface area (Å²) < 4.78 is 39.6. The lowest BCUT2D eigenvalue weighted by Crippen LogP contribution is -2.51. The summed E-state index contributed by atoms with van der Waals surface area (Å²) in [6, 6.07) is 7.51. The molecule has 0 radical (unpaired) electrons. The van der Waals surface area contributed by atoms with Gasteiger partial charge in [-0.3, -0.25) is 14.8 Å². The number of nitrogens with one attached hydrogen (secondary N) is 1. The average molecular weight is 466 g/mol. The fourth-order valence-corrected chi connectivity index (χ4v) is 5.17. The first-order valence-corrected chi connectivity index (χ1v) is 12.2. The molecule has 1 N–H and O–H groups in total. The molecule has 3 aromatic heterocycles. The molecule has 1 aliphatic rings. The van der Waals surface area contributed by atoms with Gasteiger partial charge in [-0.1, -0.05) is 0 Å².